The van der Waals surface area contributed by atoms with Crippen molar-refractivity contribution in [2.45, 2.75) is 20.4 Å². The first-order valence-electron chi connectivity index (χ1n) is 8.43. The number of benzene rings is 2. The van der Waals surface area contributed by atoms with Crippen molar-refractivity contribution >= 4 is 45.1 Å². The third kappa shape index (κ3) is 3.03. The second-order valence-corrected chi connectivity index (χ2v) is 6.83. The summed E-state index contributed by atoms with van der Waals surface area (Å²) < 4.78 is 6.97. The molecular weight excluding hydrogens is 352 g/mol. The number of hydrogen-bond acceptors (Lipinski definition) is 4. The summed E-state index contributed by atoms with van der Waals surface area (Å²) in [5.74, 6) is -0.357. The van der Waals surface area contributed by atoms with Crippen LogP contribution in [0.15, 0.2) is 35.1 Å². The van der Waals surface area contributed by atoms with E-state index in [1.165, 1.54) is 0 Å². The summed E-state index contributed by atoms with van der Waals surface area (Å²) in [6, 6.07) is 9.08. The average Bonchev–Trinajstić information content (AvgIpc) is 2.58. The van der Waals surface area contributed by atoms with Crippen LogP contribution in [0.5, 0.6) is 0 Å². The summed E-state index contributed by atoms with van der Waals surface area (Å²) in [5, 5.41) is 1.63. The summed E-state index contributed by atoms with van der Waals surface area (Å²) in [6.07, 6.45) is 0. The van der Waals surface area contributed by atoms with E-state index in [0.717, 1.165) is 5.56 Å². The first-order valence-corrected chi connectivity index (χ1v) is 8.81. The smallest absolute Gasteiger partial charge is 0.325 e. The van der Waals surface area contributed by atoms with Crippen LogP contribution in [-0.2, 0) is 16.1 Å². The number of halogens is 1. The third-order valence-corrected chi connectivity index (χ3v) is 4.65. The molecule has 0 bridgehead atoms. The Morgan fingerprint density at radius 3 is 2.58 bits per heavy atom. The number of ether oxygens (including phenoxy) is 1. The fraction of sp³-hybridized carbons (Fsp3) is 0.300. The highest BCUT2D eigenvalue weighted by Gasteiger charge is 2.19. The van der Waals surface area contributed by atoms with Crippen LogP contribution in [0.1, 0.15) is 12.5 Å². The van der Waals surface area contributed by atoms with Crippen molar-refractivity contribution in [1.29, 1.82) is 0 Å². The SMILES string of the molecule is CCOC(=O)Cn1c2ccc(C)cc2c(=O)c2ccc(Cl)c(N(C)C)c21. The van der Waals surface area contributed by atoms with Crippen molar-refractivity contribution in [2.75, 3.05) is 25.6 Å². The third-order valence-electron chi connectivity index (χ3n) is 4.34. The predicted molar refractivity (Wildman–Crippen MR) is 106 cm³/mol. The second-order valence-electron chi connectivity index (χ2n) is 6.43. The Labute approximate surface area is 156 Å². The first kappa shape index (κ1) is 18.3. The summed E-state index contributed by atoms with van der Waals surface area (Å²) in [6.45, 7) is 4.01. The van der Waals surface area contributed by atoms with Gasteiger partial charge in [0.1, 0.15) is 6.54 Å². The number of fused-ring (bicyclic) bond motifs is 2. The van der Waals surface area contributed by atoms with Gasteiger partial charge < -0.3 is 14.2 Å². The average molecular weight is 373 g/mol. The van der Waals surface area contributed by atoms with E-state index < -0.39 is 0 Å². The summed E-state index contributed by atoms with van der Waals surface area (Å²) in [5.41, 5.74) is 2.94. The molecule has 0 aliphatic rings. The van der Waals surface area contributed by atoms with Gasteiger partial charge in [-0.05, 0) is 38.1 Å². The molecule has 136 valence electrons. The molecule has 0 radical (unpaired) electrons. The highest BCUT2D eigenvalue weighted by atomic mass is 35.5. The van der Waals surface area contributed by atoms with Crippen LogP contribution in [-0.4, -0.2) is 31.2 Å². The summed E-state index contributed by atoms with van der Waals surface area (Å²) in [4.78, 5) is 27.2. The molecule has 1 aromatic heterocycles. The van der Waals surface area contributed by atoms with E-state index in [4.69, 9.17) is 16.3 Å². The molecule has 0 amide bonds. The monoisotopic (exact) mass is 372 g/mol. The molecule has 26 heavy (non-hydrogen) atoms. The highest BCUT2D eigenvalue weighted by molar-refractivity contribution is 6.35. The Bertz CT molecular complexity index is 1070. The van der Waals surface area contributed by atoms with Crippen molar-refractivity contribution in [3.8, 4) is 0 Å². The van der Waals surface area contributed by atoms with Gasteiger partial charge in [-0.1, -0.05) is 23.2 Å². The van der Waals surface area contributed by atoms with Gasteiger partial charge in [0.2, 0.25) is 0 Å². The molecule has 0 aliphatic carbocycles. The molecule has 2 aromatic carbocycles. The molecule has 0 fully saturated rings. The van der Waals surface area contributed by atoms with Crippen LogP contribution in [0, 0.1) is 6.92 Å². The minimum absolute atomic E-state index is 0.00532. The van der Waals surface area contributed by atoms with Crippen molar-refractivity contribution in [1.82, 2.24) is 4.57 Å². The van der Waals surface area contributed by atoms with Gasteiger partial charge in [-0.2, -0.15) is 0 Å². The number of pyridine rings is 1. The lowest BCUT2D eigenvalue weighted by Gasteiger charge is -2.22. The first-order chi connectivity index (χ1) is 12.3. The molecule has 0 unspecified atom stereocenters. The number of anilines is 1. The van der Waals surface area contributed by atoms with Crippen molar-refractivity contribution < 1.29 is 9.53 Å². The molecule has 0 spiro atoms. The number of nitrogens with zero attached hydrogens (tertiary/aromatic N) is 2. The van der Waals surface area contributed by atoms with Crippen molar-refractivity contribution in [2.24, 2.45) is 0 Å². The van der Waals surface area contributed by atoms with E-state index in [2.05, 4.69) is 0 Å². The lowest BCUT2D eigenvalue weighted by molar-refractivity contribution is -0.143. The van der Waals surface area contributed by atoms with E-state index >= 15 is 0 Å². The molecule has 5 nitrogen and oxygen atoms in total. The zero-order valence-electron chi connectivity index (χ0n) is 15.3. The molecular formula is C20H21ClN2O3. The number of rotatable bonds is 4. The zero-order valence-corrected chi connectivity index (χ0v) is 16.1. The number of esters is 1. The van der Waals surface area contributed by atoms with Gasteiger partial charge >= 0.3 is 5.97 Å². The minimum atomic E-state index is -0.357. The Kier molecular flexibility index (Phi) is 4.92. The van der Waals surface area contributed by atoms with E-state index in [1.807, 2.05) is 48.7 Å². The maximum absolute atomic E-state index is 13.1. The maximum atomic E-state index is 13.1. The van der Waals surface area contributed by atoms with Gasteiger partial charge in [0, 0.05) is 24.9 Å². The number of hydrogen-bond donors (Lipinski definition) is 0. The van der Waals surface area contributed by atoms with E-state index in [1.54, 1.807) is 19.1 Å². The minimum Gasteiger partial charge on any atom is -0.465 e. The fourth-order valence-electron chi connectivity index (χ4n) is 3.27. The molecule has 0 N–H and O–H groups in total. The van der Waals surface area contributed by atoms with Crippen LogP contribution >= 0.6 is 11.6 Å². The normalized spacial score (nSPS) is 11.1. The highest BCUT2D eigenvalue weighted by Crippen LogP contribution is 2.34. The van der Waals surface area contributed by atoms with Gasteiger partial charge in [-0.15, -0.1) is 0 Å². The quantitative estimate of drug-likeness (QED) is 0.517. The number of carbonyl (C=O) groups excluding carboxylic acids is 1. The van der Waals surface area contributed by atoms with Crippen LogP contribution in [0.3, 0.4) is 0 Å². The Balaban J connectivity index is 2.51. The Morgan fingerprint density at radius 2 is 1.92 bits per heavy atom. The van der Waals surface area contributed by atoms with Crippen LogP contribution in [0.2, 0.25) is 5.02 Å². The number of carbonyl (C=O) groups is 1. The predicted octanol–water partition coefficient (Wildman–Crippen LogP) is 3.75. The van der Waals surface area contributed by atoms with Gasteiger partial charge in [0.25, 0.3) is 0 Å². The second kappa shape index (κ2) is 7.00. The van der Waals surface area contributed by atoms with Gasteiger partial charge in [-0.3, -0.25) is 9.59 Å². The van der Waals surface area contributed by atoms with Crippen LogP contribution in [0.4, 0.5) is 5.69 Å². The summed E-state index contributed by atoms with van der Waals surface area (Å²) >= 11 is 6.42. The molecule has 0 saturated heterocycles. The largest absolute Gasteiger partial charge is 0.465 e. The Hall–Kier alpha value is -2.53. The molecule has 0 atom stereocenters. The van der Waals surface area contributed by atoms with Gasteiger partial charge in [0.15, 0.2) is 5.43 Å². The summed E-state index contributed by atoms with van der Waals surface area (Å²) in [7, 11) is 3.72. The molecule has 0 saturated carbocycles. The van der Waals surface area contributed by atoms with E-state index in [9.17, 15) is 9.59 Å². The lowest BCUT2D eigenvalue weighted by Crippen LogP contribution is -2.21. The molecule has 0 aliphatic heterocycles. The maximum Gasteiger partial charge on any atom is 0.325 e. The van der Waals surface area contributed by atoms with Crippen LogP contribution in [0.25, 0.3) is 21.8 Å². The van der Waals surface area contributed by atoms with E-state index in [0.29, 0.717) is 39.1 Å². The van der Waals surface area contributed by atoms with Crippen molar-refractivity contribution in [3.63, 3.8) is 0 Å². The fourth-order valence-corrected chi connectivity index (χ4v) is 3.59. The Morgan fingerprint density at radius 1 is 1.19 bits per heavy atom. The molecule has 3 rings (SSSR count). The zero-order chi connectivity index (χ0) is 19.0. The van der Waals surface area contributed by atoms with E-state index in [-0.39, 0.29) is 17.9 Å². The number of aryl methyl sites for hydroxylation is 1. The lowest BCUT2D eigenvalue weighted by atomic mass is 10.1. The standard InChI is InChI=1S/C20H21ClN2O3/c1-5-26-17(24)11-23-16-9-6-12(2)10-14(16)20(25)13-7-8-15(21)19(18(13)23)22(3)4/h6-10H,5,11H2,1-4H3. The van der Waals surface area contributed by atoms with Gasteiger partial charge in [0.05, 0.1) is 28.4 Å². The molecule has 1 heterocycles. The molecule has 3 aromatic rings. The number of aromatic nitrogens is 1. The topological polar surface area (TPSA) is 51.5 Å². The van der Waals surface area contributed by atoms with Crippen LogP contribution < -0.4 is 10.3 Å². The van der Waals surface area contributed by atoms with Gasteiger partial charge in [-0.25, -0.2) is 0 Å². The van der Waals surface area contributed by atoms with Crippen molar-refractivity contribution in [3.05, 3.63) is 51.1 Å². The molecule has 6 heteroatoms.